The quantitative estimate of drug-likeness (QED) is 0.0327. The van der Waals surface area contributed by atoms with Gasteiger partial charge in [0.05, 0.1) is 13.2 Å². The summed E-state index contributed by atoms with van der Waals surface area (Å²) in [5, 5.41) is 3.27. The van der Waals surface area contributed by atoms with Crippen LogP contribution in [0.25, 0.3) is 21.5 Å². The van der Waals surface area contributed by atoms with Crippen LogP contribution in [0.5, 0.6) is 0 Å². The molecular weight excluding hydrogens is 859 g/mol. The molecule has 14 heteroatoms. The van der Waals surface area contributed by atoms with Crippen LogP contribution >= 0.6 is 7.82 Å². The summed E-state index contributed by atoms with van der Waals surface area (Å²) >= 11 is -3.55. The van der Waals surface area contributed by atoms with Crippen LogP contribution in [0.4, 0.5) is 11.6 Å². The van der Waals surface area contributed by atoms with Gasteiger partial charge in [0.25, 0.3) is 0 Å². The zero-order chi connectivity index (χ0) is 44.9. The minimum Gasteiger partial charge on any atom is -0.373 e. The monoisotopic (exact) mass is 908 g/mol. The lowest BCUT2D eigenvalue weighted by Gasteiger charge is -2.24. The van der Waals surface area contributed by atoms with Crippen LogP contribution < -0.4 is 11.0 Å². The number of fused-ring (bicyclic) bond motifs is 14. The first kappa shape index (κ1) is 43.9. The lowest BCUT2D eigenvalue weighted by molar-refractivity contribution is 0.148. The molecule has 0 unspecified atom stereocenters. The summed E-state index contributed by atoms with van der Waals surface area (Å²) in [7, 11) is -4.35. The number of hydrogen-bond acceptors (Lipinski definition) is 10. The van der Waals surface area contributed by atoms with Gasteiger partial charge in [0.2, 0.25) is 0 Å². The van der Waals surface area contributed by atoms with Crippen molar-refractivity contribution in [1.82, 2.24) is 7.10 Å². The fraction of sp³-hybridized carbons (Fsp3) is 0.308. The highest BCUT2D eigenvalue weighted by atomic mass is 31.2. The van der Waals surface area contributed by atoms with Crippen LogP contribution in [0.3, 0.4) is 0 Å². The molecular formula is C52H50AlN8O4P. The highest BCUT2D eigenvalue weighted by Gasteiger charge is 2.48. The molecule has 0 N–H and O–H groups in total. The molecule has 330 valence electrons. The number of amidine groups is 4. The van der Waals surface area contributed by atoms with Crippen LogP contribution in [-0.2, 0) is 17.2 Å². The van der Waals surface area contributed by atoms with Crippen molar-refractivity contribution in [2.24, 2.45) is 30.0 Å². The van der Waals surface area contributed by atoms with Crippen molar-refractivity contribution in [3.8, 4) is 24.7 Å². The van der Waals surface area contributed by atoms with Crippen molar-refractivity contribution in [3.63, 3.8) is 0 Å². The van der Waals surface area contributed by atoms with Gasteiger partial charge in [0, 0.05) is 56.6 Å². The maximum absolute atomic E-state index is 15.7. The molecule has 10 rings (SSSR count). The fourth-order valence-corrected chi connectivity index (χ4v) is 13.9. The molecule has 0 saturated carbocycles. The summed E-state index contributed by atoms with van der Waals surface area (Å²) in [6.45, 7) is 0.381. The average Bonchev–Trinajstić information content (AvgIpc) is 4.05. The molecule has 2 aromatic heterocycles. The smallest absolute Gasteiger partial charge is 0.373 e. The second kappa shape index (κ2) is 19.8. The van der Waals surface area contributed by atoms with Crippen molar-refractivity contribution in [3.05, 3.63) is 130 Å². The molecule has 0 saturated heterocycles. The Kier molecular flexibility index (Phi) is 13.2. The number of nitrogens with zero attached hydrogens (tertiary/aromatic N) is 8. The second-order valence-electron chi connectivity index (χ2n) is 16.9. The van der Waals surface area contributed by atoms with Gasteiger partial charge < -0.3 is 10.7 Å². The van der Waals surface area contributed by atoms with Crippen molar-refractivity contribution < 1.29 is 17.2 Å². The number of terminal acetylenes is 2. The highest BCUT2D eigenvalue weighted by molar-refractivity contribution is 7.49. The van der Waals surface area contributed by atoms with Crippen LogP contribution in [0.1, 0.15) is 112 Å². The van der Waals surface area contributed by atoms with Crippen LogP contribution in [0.15, 0.2) is 127 Å². The Hall–Kier alpha value is -6.00. The van der Waals surface area contributed by atoms with Crippen LogP contribution in [0, 0.1) is 24.7 Å². The maximum Gasteiger partial charge on any atom is 0.818 e. The van der Waals surface area contributed by atoms with Gasteiger partial charge in [-0.05, 0) is 25.7 Å². The first-order chi connectivity index (χ1) is 32.5. The van der Waals surface area contributed by atoms with Gasteiger partial charge >= 0.3 is 22.7 Å². The van der Waals surface area contributed by atoms with Gasteiger partial charge in [-0.3, -0.25) is 9.05 Å². The van der Waals surface area contributed by atoms with E-state index in [0.29, 0.717) is 58.8 Å². The predicted octanol–water partition coefficient (Wildman–Crippen LogP) is 10.8. The third-order valence-electron chi connectivity index (χ3n) is 12.4. The average molecular weight is 909 g/mol. The minimum atomic E-state index is -4.35. The number of phosphoric acid groups is 1. The minimum absolute atomic E-state index is 0.191. The Bertz CT molecular complexity index is 3040. The molecule has 0 amide bonds. The van der Waals surface area contributed by atoms with Gasteiger partial charge in [0.15, 0.2) is 23.3 Å². The highest BCUT2D eigenvalue weighted by Crippen LogP contribution is 2.52. The maximum atomic E-state index is 15.7. The fourth-order valence-electron chi connectivity index (χ4n) is 9.12. The van der Waals surface area contributed by atoms with Crippen LogP contribution in [-0.4, -0.2) is 58.6 Å². The lowest BCUT2D eigenvalue weighted by atomic mass is 10.1. The van der Waals surface area contributed by atoms with E-state index in [0.717, 1.165) is 121 Å². The third-order valence-corrected chi connectivity index (χ3v) is 17.1. The van der Waals surface area contributed by atoms with Crippen molar-refractivity contribution in [1.29, 1.82) is 0 Å². The number of aromatic nitrogens is 2. The van der Waals surface area contributed by atoms with E-state index in [1.165, 1.54) is 0 Å². The summed E-state index contributed by atoms with van der Waals surface area (Å²) in [5.74, 6) is 8.56. The number of unbranched alkanes of at least 4 members (excludes halogenated alkanes) is 12. The van der Waals surface area contributed by atoms with Crippen molar-refractivity contribution in [2.75, 3.05) is 13.2 Å². The SMILES string of the molecule is C#CCCCCCCCCOP(=O)(OCCCCCCCCC#C)[O][Al]1[n]2c3c4ccccc4c2N=C2N=C(N=c4c5ccccc5c([n]41)=NC1=NC(=N3)c3ccccc31)c1ccccc12. The topological polar surface area (TPSA) is 129 Å². The molecule has 0 aliphatic carbocycles. The molecule has 6 bridgehead atoms. The van der Waals surface area contributed by atoms with E-state index in [9.17, 15) is 0 Å². The van der Waals surface area contributed by atoms with Gasteiger partial charge in [-0.15, -0.1) is 24.7 Å². The zero-order valence-electron chi connectivity index (χ0n) is 36.9. The van der Waals surface area contributed by atoms with E-state index >= 15 is 4.57 Å². The molecule has 6 aromatic rings. The van der Waals surface area contributed by atoms with E-state index in [4.69, 9.17) is 55.4 Å². The number of rotatable bonds is 20. The van der Waals surface area contributed by atoms with Gasteiger partial charge in [-0.1, -0.05) is 148 Å². The molecule has 0 fully saturated rings. The van der Waals surface area contributed by atoms with E-state index in [1.54, 1.807) is 0 Å². The van der Waals surface area contributed by atoms with E-state index in [1.807, 2.05) is 104 Å². The largest absolute Gasteiger partial charge is 0.818 e. The number of aliphatic imine (C=N–C) groups is 4. The first-order valence-corrected chi connectivity index (χ1v) is 26.2. The molecule has 0 atom stereocenters. The second-order valence-corrected chi connectivity index (χ2v) is 20.8. The Morgan fingerprint density at radius 1 is 0.455 bits per heavy atom. The molecule has 4 aromatic carbocycles. The predicted molar refractivity (Wildman–Crippen MR) is 264 cm³/mol. The van der Waals surface area contributed by atoms with Gasteiger partial charge in [-0.25, -0.2) is 34.5 Å². The molecule has 0 radical (unpaired) electrons. The third kappa shape index (κ3) is 8.72. The summed E-state index contributed by atoms with van der Waals surface area (Å²) < 4.78 is 39.9. The van der Waals surface area contributed by atoms with E-state index < -0.39 is 22.7 Å². The van der Waals surface area contributed by atoms with Crippen molar-refractivity contribution >= 4 is 79.3 Å². The van der Waals surface area contributed by atoms with E-state index in [-0.39, 0.29) is 13.2 Å². The van der Waals surface area contributed by atoms with Gasteiger partial charge in [0.1, 0.15) is 22.6 Å². The Morgan fingerprint density at radius 3 is 1.24 bits per heavy atom. The molecule has 12 nitrogen and oxygen atoms in total. The van der Waals surface area contributed by atoms with E-state index in [2.05, 4.69) is 11.8 Å². The number of phosphoric ester groups is 1. The Labute approximate surface area is 389 Å². The molecule has 4 aliphatic heterocycles. The standard InChI is InChI=1S/C32H16N8.C20H35O4P.Al/c1-2-10-18-17(9-1)25-33-26(18)38-28-21-13-5-6-14-22(21)30(35-28)40-32-24-16-8-7-15-23(24)31(36-32)39-29-20-12-4-3-11-19(20)27(34-29)37-25;1-3-5-7-9-11-13-15-17-19-23-25(21,22)24-20-18-16-14-12-10-8-6-4-2;/h1-16H;1-2H,5-20H2,(H,21,22);/q-2;;+3/p-1. The normalized spacial score (nSPS) is 14.3. The van der Waals surface area contributed by atoms with Crippen LogP contribution in [0.2, 0.25) is 0 Å². The number of hydrogen-bond donors (Lipinski definition) is 0. The summed E-state index contributed by atoms with van der Waals surface area (Å²) in [5.41, 5.74) is 4.49. The number of benzene rings is 4. The summed E-state index contributed by atoms with van der Waals surface area (Å²) in [6.07, 6.45) is 24.1. The lowest BCUT2D eigenvalue weighted by Crippen LogP contribution is -2.48. The molecule has 6 heterocycles. The molecule has 66 heavy (non-hydrogen) atoms. The van der Waals surface area contributed by atoms with Gasteiger partial charge in [-0.2, -0.15) is 0 Å². The zero-order valence-corrected chi connectivity index (χ0v) is 39.0. The first-order valence-electron chi connectivity index (χ1n) is 23.2. The summed E-state index contributed by atoms with van der Waals surface area (Å²) in [6, 6.07) is 32.1. The molecule has 4 aliphatic rings. The summed E-state index contributed by atoms with van der Waals surface area (Å²) in [4.78, 5) is 31.9. The van der Waals surface area contributed by atoms with Crippen molar-refractivity contribution in [2.45, 2.75) is 89.9 Å². The Morgan fingerprint density at radius 2 is 0.818 bits per heavy atom. The Balaban J connectivity index is 1.16. The molecule has 0 spiro atoms.